The van der Waals surface area contributed by atoms with Gasteiger partial charge in [0, 0.05) is 19.1 Å². The number of likely N-dealkylation sites (tertiary alicyclic amines) is 1. The topological polar surface area (TPSA) is 138 Å². The van der Waals surface area contributed by atoms with Crippen LogP contribution in [0.15, 0.2) is 16.7 Å². The second-order valence-corrected chi connectivity index (χ2v) is 8.93. The summed E-state index contributed by atoms with van der Waals surface area (Å²) in [7, 11) is 0. The molecule has 1 aromatic heterocycles. The van der Waals surface area contributed by atoms with E-state index in [4.69, 9.17) is 15.3 Å². The van der Waals surface area contributed by atoms with Crippen molar-refractivity contribution in [3.8, 4) is 0 Å². The molecule has 1 atom stereocenters. The smallest absolute Gasteiger partial charge is 0.313 e. The van der Waals surface area contributed by atoms with Gasteiger partial charge >= 0.3 is 6.03 Å². The molecule has 9 nitrogen and oxygen atoms in total. The number of nitrogens with one attached hydrogen (secondary N) is 2. The van der Waals surface area contributed by atoms with Crippen molar-refractivity contribution < 1.29 is 23.9 Å². The summed E-state index contributed by atoms with van der Waals surface area (Å²) in [5, 5.41) is 14.7. The van der Waals surface area contributed by atoms with E-state index in [-0.39, 0.29) is 29.2 Å². The van der Waals surface area contributed by atoms with Crippen LogP contribution >= 0.6 is 11.8 Å². The molecular weight excluding hydrogens is 372 g/mol. The molecule has 4 amide bonds. The van der Waals surface area contributed by atoms with Crippen LogP contribution in [0, 0.1) is 0 Å². The van der Waals surface area contributed by atoms with Crippen molar-refractivity contribution in [1.82, 2.24) is 15.5 Å². The van der Waals surface area contributed by atoms with Crippen LogP contribution in [0.2, 0.25) is 0 Å². The fourth-order valence-corrected chi connectivity index (χ4v) is 5.51. The number of nitrogens with zero attached hydrogens (tertiary/aromatic N) is 1. The third kappa shape index (κ3) is 3.16. The lowest BCUT2D eigenvalue weighted by atomic mass is 9.88. The SMILES string of the molecule is NC(=O)NC1(C(=O)N2CC3(C2)SCCC3NC(=O)c2coc(CO)c2)CC1. The number of nitrogens with two attached hydrogens (primary N) is 1. The molecule has 1 unspecified atom stereocenters. The highest BCUT2D eigenvalue weighted by Crippen LogP contribution is 2.48. The highest BCUT2D eigenvalue weighted by atomic mass is 32.2. The number of hydrogen-bond donors (Lipinski definition) is 4. The summed E-state index contributed by atoms with van der Waals surface area (Å²) in [5.74, 6) is 0.911. The van der Waals surface area contributed by atoms with Gasteiger partial charge < -0.3 is 30.8 Å². The van der Waals surface area contributed by atoms with Crippen molar-refractivity contribution >= 4 is 29.6 Å². The van der Waals surface area contributed by atoms with Gasteiger partial charge in [0.1, 0.15) is 24.2 Å². The van der Waals surface area contributed by atoms with Crippen LogP contribution in [0.5, 0.6) is 0 Å². The number of primary amides is 1. The lowest BCUT2D eigenvalue weighted by Crippen LogP contribution is -2.70. The summed E-state index contributed by atoms with van der Waals surface area (Å²) in [6.45, 7) is 0.822. The van der Waals surface area contributed by atoms with Crippen LogP contribution in [0.4, 0.5) is 4.79 Å². The summed E-state index contributed by atoms with van der Waals surface area (Å²) in [4.78, 5) is 38.0. The third-order valence-corrected chi connectivity index (χ3v) is 7.09. The van der Waals surface area contributed by atoms with Gasteiger partial charge in [-0.05, 0) is 31.1 Å². The predicted octanol–water partition coefficient (Wildman–Crippen LogP) is -0.211. The zero-order chi connectivity index (χ0) is 19.2. The van der Waals surface area contributed by atoms with E-state index in [0.29, 0.717) is 37.3 Å². The first-order valence-electron chi connectivity index (χ1n) is 8.88. The molecule has 3 fully saturated rings. The predicted molar refractivity (Wildman–Crippen MR) is 97.0 cm³/mol. The highest BCUT2D eigenvalue weighted by molar-refractivity contribution is 8.01. The first-order chi connectivity index (χ1) is 12.9. The molecule has 1 saturated carbocycles. The summed E-state index contributed by atoms with van der Waals surface area (Å²) >= 11 is 1.77. The van der Waals surface area contributed by atoms with Gasteiger partial charge in [-0.25, -0.2) is 4.79 Å². The second-order valence-electron chi connectivity index (χ2n) is 7.42. The third-order valence-electron chi connectivity index (χ3n) is 5.53. The average Bonchev–Trinajstić information content (AvgIpc) is 3.05. The van der Waals surface area contributed by atoms with E-state index >= 15 is 0 Å². The van der Waals surface area contributed by atoms with Crippen LogP contribution in [0.3, 0.4) is 0 Å². The van der Waals surface area contributed by atoms with Gasteiger partial charge in [-0.1, -0.05) is 0 Å². The van der Waals surface area contributed by atoms with Crippen LogP contribution in [-0.2, 0) is 11.4 Å². The largest absolute Gasteiger partial charge is 0.466 e. The lowest BCUT2D eigenvalue weighted by Gasteiger charge is -2.51. The number of amides is 4. The van der Waals surface area contributed by atoms with Crippen LogP contribution in [0.25, 0.3) is 0 Å². The molecule has 2 aliphatic heterocycles. The van der Waals surface area contributed by atoms with Crippen molar-refractivity contribution in [3.05, 3.63) is 23.7 Å². The number of rotatable bonds is 5. The van der Waals surface area contributed by atoms with Crippen molar-refractivity contribution in [2.24, 2.45) is 5.73 Å². The monoisotopic (exact) mass is 394 g/mol. The van der Waals surface area contributed by atoms with E-state index < -0.39 is 11.6 Å². The fourth-order valence-electron chi connectivity index (χ4n) is 3.88. The number of hydrogen-bond acceptors (Lipinski definition) is 6. The van der Waals surface area contributed by atoms with Gasteiger partial charge in [0.2, 0.25) is 5.91 Å². The molecule has 27 heavy (non-hydrogen) atoms. The molecule has 1 spiro atoms. The number of carbonyl (C=O) groups excluding carboxylic acids is 3. The summed E-state index contributed by atoms with van der Waals surface area (Å²) < 4.78 is 4.91. The molecule has 3 aliphatic rings. The van der Waals surface area contributed by atoms with E-state index in [1.807, 2.05) is 0 Å². The minimum atomic E-state index is -0.826. The minimum absolute atomic E-state index is 0.0502. The molecule has 0 bridgehead atoms. The fraction of sp³-hybridized carbons (Fsp3) is 0.588. The van der Waals surface area contributed by atoms with E-state index in [0.717, 1.165) is 12.2 Å². The van der Waals surface area contributed by atoms with E-state index in [1.165, 1.54) is 12.3 Å². The second kappa shape index (κ2) is 6.45. The normalized spacial score (nSPS) is 24.3. The van der Waals surface area contributed by atoms with Gasteiger partial charge in [0.05, 0.1) is 10.3 Å². The van der Waals surface area contributed by atoms with Crippen molar-refractivity contribution in [1.29, 1.82) is 0 Å². The number of urea groups is 1. The number of thioether (sulfide) groups is 1. The Balaban J connectivity index is 1.37. The molecule has 5 N–H and O–H groups in total. The summed E-state index contributed by atoms with van der Waals surface area (Å²) in [6, 6.07) is 0.789. The number of aliphatic hydroxyl groups excluding tert-OH is 1. The van der Waals surface area contributed by atoms with Crippen LogP contribution in [0.1, 0.15) is 35.4 Å². The standard InChI is InChI=1S/C17H22N4O5S/c18-15(25)20-16(2-3-16)14(24)21-8-17(9-21)12(1-4-27-17)19-13(23)10-5-11(6-22)26-7-10/h5,7,12,22H,1-4,6,8-9H2,(H,19,23)(H3,18,20,25). The first-order valence-corrected chi connectivity index (χ1v) is 9.86. The number of aliphatic hydroxyl groups is 1. The number of carbonyl (C=O) groups is 3. The molecule has 0 aromatic carbocycles. The van der Waals surface area contributed by atoms with E-state index in [2.05, 4.69) is 10.6 Å². The maximum absolute atomic E-state index is 12.7. The van der Waals surface area contributed by atoms with Crippen molar-refractivity contribution in [2.75, 3.05) is 18.8 Å². The number of furan rings is 1. The Hall–Kier alpha value is -2.20. The van der Waals surface area contributed by atoms with Gasteiger partial charge in [0.25, 0.3) is 5.91 Å². The zero-order valence-electron chi connectivity index (χ0n) is 14.7. The van der Waals surface area contributed by atoms with E-state index in [1.54, 1.807) is 16.7 Å². The Labute approximate surface area is 160 Å². The molecule has 10 heteroatoms. The molecule has 1 aromatic rings. The molecule has 2 saturated heterocycles. The average molecular weight is 394 g/mol. The molecule has 0 radical (unpaired) electrons. The zero-order valence-corrected chi connectivity index (χ0v) is 15.5. The molecule has 1 aliphatic carbocycles. The quantitative estimate of drug-likeness (QED) is 0.545. The Morgan fingerprint density at radius 2 is 2.11 bits per heavy atom. The van der Waals surface area contributed by atoms with Gasteiger partial charge in [0.15, 0.2) is 0 Å². The maximum atomic E-state index is 12.7. The van der Waals surface area contributed by atoms with E-state index in [9.17, 15) is 14.4 Å². The Morgan fingerprint density at radius 1 is 1.37 bits per heavy atom. The van der Waals surface area contributed by atoms with Crippen LogP contribution in [-0.4, -0.2) is 63.0 Å². The van der Waals surface area contributed by atoms with Gasteiger partial charge in [-0.15, -0.1) is 11.8 Å². The van der Waals surface area contributed by atoms with Crippen molar-refractivity contribution in [2.45, 2.75) is 42.2 Å². The minimum Gasteiger partial charge on any atom is -0.466 e. The first kappa shape index (κ1) is 18.2. The highest BCUT2D eigenvalue weighted by Gasteiger charge is 2.60. The lowest BCUT2D eigenvalue weighted by molar-refractivity contribution is -0.139. The molecule has 146 valence electrons. The Morgan fingerprint density at radius 3 is 2.70 bits per heavy atom. The Kier molecular flexibility index (Phi) is 4.34. The summed E-state index contributed by atoms with van der Waals surface area (Å²) in [5.41, 5.74) is 4.73. The van der Waals surface area contributed by atoms with Crippen molar-refractivity contribution in [3.63, 3.8) is 0 Å². The molecule has 3 heterocycles. The summed E-state index contributed by atoms with van der Waals surface area (Å²) in [6.07, 6.45) is 3.38. The van der Waals surface area contributed by atoms with Crippen LogP contribution < -0.4 is 16.4 Å². The maximum Gasteiger partial charge on any atom is 0.313 e. The van der Waals surface area contributed by atoms with Gasteiger partial charge in [-0.3, -0.25) is 9.59 Å². The Bertz CT molecular complexity index is 784. The molecule has 4 rings (SSSR count). The van der Waals surface area contributed by atoms with Gasteiger partial charge in [-0.2, -0.15) is 0 Å². The molecular formula is C17H22N4O5S.